The lowest BCUT2D eigenvalue weighted by Crippen LogP contribution is -2.28. The Morgan fingerprint density at radius 2 is 2.09 bits per heavy atom. The molecule has 1 aliphatic rings. The SMILES string of the molecule is Cc1nc(CCNC(=O)c2c3c(nn2C)CCCC3)sc1C. The highest BCUT2D eigenvalue weighted by Crippen LogP contribution is 2.23. The first kappa shape index (κ1) is 15.2. The van der Waals surface area contributed by atoms with Gasteiger partial charge in [0.1, 0.15) is 5.69 Å². The molecule has 118 valence electrons. The molecule has 2 aromatic heterocycles. The summed E-state index contributed by atoms with van der Waals surface area (Å²) in [6.45, 7) is 4.72. The van der Waals surface area contributed by atoms with Crippen molar-refractivity contribution in [2.75, 3.05) is 6.54 Å². The number of hydrogen-bond donors (Lipinski definition) is 1. The first-order valence-electron chi connectivity index (χ1n) is 7.82. The molecule has 0 bridgehead atoms. The number of rotatable bonds is 4. The fourth-order valence-corrected chi connectivity index (χ4v) is 3.91. The summed E-state index contributed by atoms with van der Waals surface area (Å²) in [5.74, 6) is -0.0110. The van der Waals surface area contributed by atoms with Crippen LogP contribution in [0.3, 0.4) is 0 Å². The number of carbonyl (C=O) groups excluding carboxylic acids is 1. The number of thiazole rings is 1. The Bertz CT molecular complexity index is 682. The Labute approximate surface area is 134 Å². The lowest BCUT2D eigenvalue weighted by atomic mass is 9.95. The number of hydrogen-bond acceptors (Lipinski definition) is 4. The van der Waals surface area contributed by atoms with Gasteiger partial charge in [-0.05, 0) is 39.5 Å². The zero-order valence-corrected chi connectivity index (χ0v) is 14.2. The summed E-state index contributed by atoms with van der Waals surface area (Å²) >= 11 is 1.71. The first-order chi connectivity index (χ1) is 10.6. The molecular weight excluding hydrogens is 296 g/mol. The van der Waals surface area contributed by atoms with Gasteiger partial charge in [-0.15, -0.1) is 11.3 Å². The van der Waals surface area contributed by atoms with Gasteiger partial charge in [0.2, 0.25) is 0 Å². The summed E-state index contributed by atoms with van der Waals surface area (Å²) in [5.41, 5.74) is 4.07. The third-order valence-electron chi connectivity index (χ3n) is 4.23. The fraction of sp³-hybridized carbons (Fsp3) is 0.562. The van der Waals surface area contributed by atoms with Crippen molar-refractivity contribution in [1.82, 2.24) is 20.1 Å². The smallest absolute Gasteiger partial charge is 0.269 e. The zero-order chi connectivity index (χ0) is 15.7. The van der Waals surface area contributed by atoms with Gasteiger partial charge in [0.05, 0.1) is 16.4 Å². The van der Waals surface area contributed by atoms with Crippen molar-refractivity contribution in [1.29, 1.82) is 0 Å². The number of aryl methyl sites for hydroxylation is 4. The average molecular weight is 318 g/mol. The number of nitrogens with zero attached hydrogens (tertiary/aromatic N) is 3. The Morgan fingerprint density at radius 3 is 2.82 bits per heavy atom. The minimum absolute atomic E-state index is 0.0110. The lowest BCUT2D eigenvalue weighted by molar-refractivity contribution is 0.0943. The second-order valence-corrected chi connectivity index (χ2v) is 7.15. The van der Waals surface area contributed by atoms with Crippen LogP contribution in [0.4, 0.5) is 0 Å². The van der Waals surface area contributed by atoms with Gasteiger partial charge in [-0.3, -0.25) is 9.48 Å². The highest BCUT2D eigenvalue weighted by atomic mass is 32.1. The molecule has 0 saturated carbocycles. The Morgan fingerprint density at radius 1 is 1.32 bits per heavy atom. The van der Waals surface area contributed by atoms with Crippen LogP contribution in [-0.2, 0) is 26.3 Å². The summed E-state index contributed by atoms with van der Waals surface area (Å²) in [5, 5.41) is 8.60. The number of carbonyl (C=O) groups is 1. The molecule has 6 heteroatoms. The van der Waals surface area contributed by atoms with Gasteiger partial charge < -0.3 is 5.32 Å². The molecule has 0 radical (unpaired) electrons. The summed E-state index contributed by atoms with van der Waals surface area (Å²) in [4.78, 5) is 18.2. The van der Waals surface area contributed by atoms with Gasteiger partial charge in [0.15, 0.2) is 0 Å². The molecule has 22 heavy (non-hydrogen) atoms. The maximum absolute atomic E-state index is 12.5. The molecule has 1 N–H and O–H groups in total. The fourth-order valence-electron chi connectivity index (χ4n) is 2.98. The van der Waals surface area contributed by atoms with E-state index in [4.69, 9.17) is 0 Å². The van der Waals surface area contributed by atoms with E-state index in [1.165, 1.54) is 11.3 Å². The van der Waals surface area contributed by atoms with E-state index in [0.29, 0.717) is 6.54 Å². The second kappa shape index (κ2) is 6.20. The summed E-state index contributed by atoms with van der Waals surface area (Å²) in [7, 11) is 1.86. The number of nitrogens with one attached hydrogen (secondary N) is 1. The minimum atomic E-state index is -0.0110. The van der Waals surface area contributed by atoms with Crippen molar-refractivity contribution in [3.05, 3.63) is 32.5 Å². The van der Waals surface area contributed by atoms with E-state index in [9.17, 15) is 4.79 Å². The molecule has 1 amide bonds. The van der Waals surface area contributed by atoms with Crippen LogP contribution in [0.25, 0.3) is 0 Å². The summed E-state index contributed by atoms with van der Waals surface area (Å²) in [6.07, 6.45) is 5.07. The Balaban J connectivity index is 1.64. The molecule has 0 aromatic carbocycles. The average Bonchev–Trinajstić information content (AvgIpc) is 2.98. The molecule has 2 heterocycles. The van der Waals surface area contributed by atoms with Crippen LogP contribution in [0, 0.1) is 13.8 Å². The van der Waals surface area contributed by atoms with E-state index in [0.717, 1.165) is 53.3 Å². The highest BCUT2D eigenvalue weighted by molar-refractivity contribution is 7.11. The normalized spacial score (nSPS) is 14.0. The van der Waals surface area contributed by atoms with Gasteiger partial charge in [-0.25, -0.2) is 4.98 Å². The molecule has 1 aliphatic carbocycles. The third kappa shape index (κ3) is 2.92. The molecule has 0 fully saturated rings. The highest BCUT2D eigenvalue weighted by Gasteiger charge is 2.23. The summed E-state index contributed by atoms with van der Waals surface area (Å²) in [6, 6.07) is 0. The van der Waals surface area contributed by atoms with Crippen LogP contribution in [-0.4, -0.2) is 27.2 Å². The largest absolute Gasteiger partial charge is 0.350 e. The maximum atomic E-state index is 12.5. The van der Waals surface area contributed by atoms with Crippen LogP contribution in [0.15, 0.2) is 0 Å². The molecule has 0 saturated heterocycles. The lowest BCUT2D eigenvalue weighted by Gasteiger charge is -2.11. The van der Waals surface area contributed by atoms with Crippen molar-refractivity contribution in [3.63, 3.8) is 0 Å². The maximum Gasteiger partial charge on any atom is 0.269 e. The van der Waals surface area contributed by atoms with Gasteiger partial charge >= 0.3 is 0 Å². The topological polar surface area (TPSA) is 59.8 Å². The summed E-state index contributed by atoms with van der Waals surface area (Å²) < 4.78 is 1.74. The van der Waals surface area contributed by atoms with Gasteiger partial charge in [-0.1, -0.05) is 0 Å². The van der Waals surface area contributed by atoms with Gasteiger partial charge in [0, 0.05) is 30.5 Å². The quantitative estimate of drug-likeness (QED) is 0.941. The number of aromatic nitrogens is 3. The third-order valence-corrected chi connectivity index (χ3v) is 5.36. The molecular formula is C16H22N4OS. The van der Waals surface area contributed by atoms with Crippen LogP contribution >= 0.6 is 11.3 Å². The van der Waals surface area contributed by atoms with E-state index >= 15 is 0 Å². The molecule has 2 aromatic rings. The van der Waals surface area contributed by atoms with Crippen LogP contribution < -0.4 is 5.32 Å². The van der Waals surface area contributed by atoms with E-state index in [2.05, 4.69) is 22.3 Å². The monoisotopic (exact) mass is 318 g/mol. The molecule has 5 nitrogen and oxygen atoms in total. The first-order valence-corrected chi connectivity index (χ1v) is 8.63. The zero-order valence-electron chi connectivity index (χ0n) is 13.4. The number of fused-ring (bicyclic) bond motifs is 1. The molecule has 0 spiro atoms. The molecule has 0 atom stereocenters. The van der Waals surface area contributed by atoms with Crippen LogP contribution in [0.2, 0.25) is 0 Å². The van der Waals surface area contributed by atoms with Crippen molar-refractivity contribution in [2.24, 2.45) is 7.05 Å². The molecule has 0 unspecified atom stereocenters. The Hall–Kier alpha value is -1.69. The van der Waals surface area contributed by atoms with Crippen molar-refractivity contribution in [3.8, 4) is 0 Å². The molecule has 3 rings (SSSR count). The van der Waals surface area contributed by atoms with E-state index in [1.54, 1.807) is 16.0 Å². The van der Waals surface area contributed by atoms with E-state index in [-0.39, 0.29) is 5.91 Å². The Kier molecular flexibility index (Phi) is 4.29. The predicted octanol–water partition coefficient (Wildman–Crippen LogP) is 2.34. The van der Waals surface area contributed by atoms with Crippen molar-refractivity contribution < 1.29 is 4.79 Å². The second-order valence-electron chi connectivity index (χ2n) is 5.86. The molecule has 0 aliphatic heterocycles. The van der Waals surface area contributed by atoms with Crippen molar-refractivity contribution >= 4 is 17.2 Å². The minimum Gasteiger partial charge on any atom is -0.350 e. The predicted molar refractivity (Wildman–Crippen MR) is 87.5 cm³/mol. The van der Waals surface area contributed by atoms with E-state index < -0.39 is 0 Å². The van der Waals surface area contributed by atoms with E-state index in [1.807, 2.05) is 14.0 Å². The van der Waals surface area contributed by atoms with Gasteiger partial charge in [0.25, 0.3) is 5.91 Å². The van der Waals surface area contributed by atoms with Crippen LogP contribution in [0.1, 0.15) is 50.2 Å². The van der Waals surface area contributed by atoms with Gasteiger partial charge in [-0.2, -0.15) is 5.10 Å². The van der Waals surface area contributed by atoms with Crippen molar-refractivity contribution in [2.45, 2.75) is 46.0 Å². The number of amides is 1. The van der Waals surface area contributed by atoms with Crippen LogP contribution in [0.5, 0.6) is 0 Å². The standard InChI is InChI=1S/C16H22N4OS/c1-10-11(2)22-14(18-10)8-9-17-16(21)15-12-6-4-5-7-13(12)19-20(15)3/h4-9H2,1-3H3,(H,17,21).